The van der Waals surface area contributed by atoms with E-state index >= 15 is 0 Å². The van der Waals surface area contributed by atoms with Gasteiger partial charge in [0.15, 0.2) is 0 Å². The van der Waals surface area contributed by atoms with E-state index in [1.165, 1.54) is 10.8 Å². The van der Waals surface area contributed by atoms with Crippen LogP contribution >= 0.6 is 0 Å². The lowest BCUT2D eigenvalue weighted by Gasteiger charge is -2.14. The van der Waals surface area contributed by atoms with Gasteiger partial charge in [-0.05, 0) is 88.9 Å². The van der Waals surface area contributed by atoms with Crippen LogP contribution < -0.4 is 0 Å². The smallest absolute Gasteiger partial charge is 0.135 e. The van der Waals surface area contributed by atoms with E-state index in [9.17, 15) is 0 Å². The fraction of sp³-hybridized carbons (Fsp3) is 0. The van der Waals surface area contributed by atoms with E-state index in [-0.39, 0.29) is 0 Å². The fourth-order valence-electron chi connectivity index (χ4n) is 6.95. The van der Waals surface area contributed by atoms with Crippen LogP contribution in [0.1, 0.15) is 2.74 Å². The van der Waals surface area contributed by atoms with Crippen molar-refractivity contribution >= 4 is 65.7 Å². The molecule has 0 N–H and O–H groups in total. The average molecular weight is 578 g/mol. The summed E-state index contributed by atoms with van der Waals surface area (Å²) < 4.78 is 31.3. The van der Waals surface area contributed by atoms with Crippen LogP contribution in [-0.2, 0) is 0 Å². The molecule has 0 aliphatic heterocycles. The molecule has 0 saturated heterocycles. The van der Waals surface area contributed by atoms with Crippen molar-refractivity contribution in [3.05, 3.63) is 152 Å². The van der Waals surface area contributed by atoms with Crippen molar-refractivity contribution in [3.63, 3.8) is 0 Å². The van der Waals surface area contributed by atoms with Gasteiger partial charge in [0.05, 0.1) is 13.8 Å². The summed E-state index contributed by atoms with van der Waals surface area (Å²) in [4.78, 5) is 0. The van der Waals surface area contributed by atoms with Gasteiger partial charge in [-0.25, -0.2) is 0 Å². The normalized spacial score (nSPS) is 12.6. The SMILES string of the molecule is [2H]c1cccc2c1oc1ccc(-c3cc(-c4ccc5oc6c([2H])cccc6c5c4)cc(-n4c5ccccc5c5ccccc54)c3)cc12. The van der Waals surface area contributed by atoms with Gasteiger partial charge in [-0.1, -0.05) is 84.9 Å². The van der Waals surface area contributed by atoms with Crippen molar-refractivity contribution in [3.8, 4) is 27.9 Å². The molecule has 3 heteroatoms. The van der Waals surface area contributed by atoms with Gasteiger partial charge in [-0.3, -0.25) is 0 Å². The van der Waals surface area contributed by atoms with Crippen LogP contribution in [-0.4, -0.2) is 4.57 Å². The zero-order chi connectivity index (χ0) is 31.2. The van der Waals surface area contributed by atoms with Crippen LogP contribution in [0.4, 0.5) is 0 Å². The number of rotatable bonds is 3. The number of nitrogens with zero attached hydrogens (tertiary/aromatic N) is 1. The quantitative estimate of drug-likeness (QED) is 0.209. The van der Waals surface area contributed by atoms with E-state index in [0.717, 1.165) is 71.7 Å². The largest absolute Gasteiger partial charge is 0.456 e. The molecule has 0 unspecified atom stereocenters. The van der Waals surface area contributed by atoms with Crippen molar-refractivity contribution in [2.24, 2.45) is 0 Å². The Morgan fingerprint density at radius 1 is 0.378 bits per heavy atom. The average Bonchev–Trinajstić information content (AvgIpc) is 3.78. The molecule has 0 saturated carbocycles. The number of benzene rings is 7. The Bertz CT molecular complexity index is 2700. The maximum absolute atomic E-state index is 8.37. The Morgan fingerprint density at radius 2 is 0.844 bits per heavy atom. The van der Waals surface area contributed by atoms with E-state index in [1.807, 2.05) is 36.4 Å². The zero-order valence-corrected chi connectivity index (χ0v) is 24.0. The summed E-state index contributed by atoms with van der Waals surface area (Å²) in [5.74, 6) is 0. The molecule has 7 aromatic carbocycles. The van der Waals surface area contributed by atoms with Gasteiger partial charge in [-0.15, -0.1) is 0 Å². The summed E-state index contributed by atoms with van der Waals surface area (Å²) in [5, 5.41) is 6.30. The maximum atomic E-state index is 8.37. The lowest BCUT2D eigenvalue weighted by Crippen LogP contribution is -1.96. The number of aromatic nitrogens is 1. The first-order chi connectivity index (χ1) is 23.1. The van der Waals surface area contributed by atoms with E-state index in [4.69, 9.17) is 11.6 Å². The van der Waals surface area contributed by atoms with E-state index in [1.54, 1.807) is 12.1 Å². The molecule has 10 aromatic rings. The Balaban J connectivity index is 1.26. The minimum atomic E-state index is 0.385. The molecule has 3 nitrogen and oxygen atoms in total. The van der Waals surface area contributed by atoms with Gasteiger partial charge in [0, 0.05) is 38.0 Å². The molecule has 0 spiro atoms. The van der Waals surface area contributed by atoms with E-state index in [2.05, 4.69) is 95.6 Å². The van der Waals surface area contributed by atoms with Crippen LogP contribution in [0, 0.1) is 0 Å². The summed E-state index contributed by atoms with van der Waals surface area (Å²) in [5.41, 5.74) is 10.4. The van der Waals surface area contributed by atoms with Crippen LogP contribution in [0.15, 0.2) is 160 Å². The summed E-state index contributed by atoms with van der Waals surface area (Å²) in [7, 11) is 0. The lowest BCUT2D eigenvalue weighted by molar-refractivity contribution is 0.668. The molecule has 0 atom stereocenters. The molecular weight excluding hydrogens is 550 g/mol. The second kappa shape index (κ2) is 9.22. The number of furan rings is 2. The van der Waals surface area contributed by atoms with Gasteiger partial charge in [0.25, 0.3) is 0 Å². The highest BCUT2D eigenvalue weighted by molar-refractivity contribution is 6.10. The van der Waals surface area contributed by atoms with Gasteiger partial charge in [-0.2, -0.15) is 0 Å². The molecule has 10 rings (SSSR count). The third kappa shape index (κ3) is 3.65. The number of hydrogen-bond acceptors (Lipinski definition) is 2. The summed E-state index contributed by atoms with van der Waals surface area (Å²) in [6, 6.07) is 48.7. The van der Waals surface area contributed by atoms with Crippen LogP contribution in [0.2, 0.25) is 0 Å². The van der Waals surface area contributed by atoms with Gasteiger partial charge in [0.1, 0.15) is 22.3 Å². The van der Waals surface area contributed by atoms with Crippen molar-refractivity contribution in [1.82, 2.24) is 4.57 Å². The Kier molecular flexibility index (Phi) is 4.60. The second-order valence-corrected chi connectivity index (χ2v) is 11.6. The van der Waals surface area contributed by atoms with Gasteiger partial charge < -0.3 is 13.4 Å². The highest BCUT2D eigenvalue weighted by Gasteiger charge is 2.16. The van der Waals surface area contributed by atoms with Gasteiger partial charge in [0.2, 0.25) is 0 Å². The predicted molar refractivity (Wildman–Crippen MR) is 186 cm³/mol. The molecule has 45 heavy (non-hydrogen) atoms. The standard InChI is InChI=1S/C42H25NO2/c1-5-13-37-31(9-1)32-10-2-6-14-38(32)43(37)30-22-28(26-17-19-41-35(24-26)33-11-3-7-15-39(33)44-41)21-29(23-30)27-18-20-42-36(25-27)34-12-4-8-16-40(34)45-42/h1-25H/i15D,16D. The Hall–Kier alpha value is -6.06. The van der Waals surface area contributed by atoms with Crippen LogP contribution in [0.5, 0.6) is 0 Å². The molecule has 0 radical (unpaired) electrons. The Labute approximate surface area is 261 Å². The monoisotopic (exact) mass is 577 g/mol. The van der Waals surface area contributed by atoms with Crippen LogP contribution in [0.25, 0.3) is 93.6 Å². The zero-order valence-electron chi connectivity index (χ0n) is 26.0. The van der Waals surface area contributed by atoms with E-state index in [0.29, 0.717) is 23.3 Å². The molecule has 0 bridgehead atoms. The lowest BCUT2D eigenvalue weighted by atomic mass is 9.96. The van der Waals surface area contributed by atoms with Crippen molar-refractivity contribution in [1.29, 1.82) is 0 Å². The minimum absolute atomic E-state index is 0.385. The summed E-state index contributed by atoms with van der Waals surface area (Å²) >= 11 is 0. The first-order valence-electron chi connectivity index (χ1n) is 16.1. The third-order valence-corrected chi connectivity index (χ3v) is 9.02. The maximum Gasteiger partial charge on any atom is 0.135 e. The molecule has 0 amide bonds. The highest BCUT2D eigenvalue weighted by Crippen LogP contribution is 2.39. The number of hydrogen-bond donors (Lipinski definition) is 0. The highest BCUT2D eigenvalue weighted by atomic mass is 16.3. The number of para-hydroxylation sites is 4. The van der Waals surface area contributed by atoms with Crippen LogP contribution in [0.3, 0.4) is 0 Å². The topological polar surface area (TPSA) is 31.2 Å². The van der Waals surface area contributed by atoms with Gasteiger partial charge >= 0.3 is 0 Å². The number of fused-ring (bicyclic) bond motifs is 9. The fourth-order valence-corrected chi connectivity index (χ4v) is 6.95. The molecule has 3 aromatic heterocycles. The second-order valence-electron chi connectivity index (χ2n) is 11.6. The van der Waals surface area contributed by atoms with Crippen molar-refractivity contribution in [2.75, 3.05) is 0 Å². The third-order valence-electron chi connectivity index (χ3n) is 9.02. The minimum Gasteiger partial charge on any atom is -0.456 e. The molecule has 0 fully saturated rings. The van der Waals surface area contributed by atoms with Crippen molar-refractivity contribution in [2.45, 2.75) is 0 Å². The molecule has 3 heterocycles. The molecular formula is C42H25NO2. The van der Waals surface area contributed by atoms with E-state index < -0.39 is 0 Å². The summed E-state index contributed by atoms with van der Waals surface area (Å²) in [6.45, 7) is 0. The Morgan fingerprint density at radius 3 is 1.38 bits per heavy atom. The predicted octanol–water partition coefficient (Wildman–Crippen LogP) is 11.9. The first-order valence-corrected chi connectivity index (χ1v) is 15.1. The van der Waals surface area contributed by atoms with Crippen molar-refractivity contribution < 1.29 is 11.6 Å². The molecule has 210 valence electrons. The molecule has 0 aliphatic rings. The molecule has 0 aliphatic carbocycles. The summed E-state index contributed by atoms with van der Waals surface area (Å²) in [6.07, 6.45) is 0. The first kappa shape index (κ1) is 22.5.